The van der Waals surface area contributed by atoms with Gasteiger partial charge in [0.25, 0.3) is 0 Å². The highest BCUT2D eigenvalue weighted by Crippen LogP contribution is 2.30. The van der Waals surface area contributed by atoms with Crippen LogP contribution in [-0.4, -0.2) is 44.6 Å². The Bertz CT molecular complexity index is 482. The molecule has 1 aromatic rings. The molecule has 0 bridgehead atoms. The lowest BCUT2D eigenvalue weighted by molar-refractivity contribution is 0.171. The van der Waals surface area contributed by atoms with Crippen LogP contribution >= 0.6 is 12.2 Å². The number of ether oxygens (including phenoxy) is 3. The van der Waals surface area contributed by atoms with Crippen molar-refractivity contribution in [3.8, 4) is 11.5 Å². The second-order valence-corrected chi connectivity index (χ2v) is 5.39. The summed E-state index contributed by atoms with van der Waals surface area (Å²) in [7, 11) is 1.68. The molecule has 2 N–H and O–H groups in total. The molecule has 0 amide bonds. The van der Waals surface area contributed by atoms with E-state index in [2.05, 4.69) is 16.7 Å². The Morgan fingerprint density at radius 3 is 2.86 bits per heavy atom. The molecule has 1 heterocycles. The monoisotopic (exact) mass is 310 g/mol. The molecule has 0 aromatic heterocycles. The predicted molar refractivity (Wildman–Crippen MR) is 86.2 cm³/mol. The largest absolute Gasteiger partial charge is 0.486 e. The van der Waals surface area contributed by atoms with Crippen molar-refractivity contribution in [2.24, 2.45) is 0 Å². The van der Waals surface area contributed by atoms with E-state index in [0.717, 1.165) is 24.5 Å². The van der Waals surface area contributed by atoms with Crippen LogP contribution in [0.2, 0.25) is 0 Å². The van der Waals surface area contributed by atoms with Gasteiger partial charge in [-0.2, -0.15) is 0 Å². The van der Waals surface area contributed by atoms with Crippen LogP contribution in [0.25, 0.3) is 0 Å². The van der Waals surface area contributed by atoms with Crippen LogP contribution in [0.1, 0.15) is 12.5 Å². The number of hydrogen-bond acceptors (Lipinski definition) is 4. The predicted octanol–water partition coefficient (Wildman–Crippen LogP) is 1.50. The minimum Gasteiger partial charge on any atom is -0.486 e. The molecule has 1 aromatic carbocycles. The third kappa shape index (κ3) is 5.06. The minimum atomic E-state index is 0.198. The highest BCUT2D eigenvalue weighted by molar-refractivity contribution is 7.80. The summed E-state index contributed by atoms with van der Waals surface area (Å²) in [5.74, 6) is 1.65. The van der Waals surface area contributed by atoms with E-state index in [1.165, 1.54) is 5.56 Å². The molecule has 2 rings (SSSR count). The van der Waals surface area contributed by atoms with E-state index in [4.69, 9.17) is 26.4 Å². The molecule has 1 unspecified atom stereocenters. The number of fused-ring (bicyclic) bond motifs is 1. The maximum absolute atomic E-state index is 5.57. The number of methoxy groups -OCH3 is 1. The Balaban J connectivity index is 1.74. The first-order chi connectivity index (χ1) is 10.2. The molecule has 1 aliphatic rings. The Labute approximate surface area is 131 Å². The van der Waals surface area contributed by atoms with E-state index in [9.17, 15) is 0 Å². The Hall–Kier alpha value is -1.53. The molecular weight excluding hydrogens is 288 g/mol. The summed E-state index contributed by atoms with van der Waals surface area (Å²) in [5, 5.41) is 7.01. The third-order valence-electron chi connectivity index (χ3n) is 3.10. The fourth-order valence-corrected chi connectivity index (χ4v) is 2.43. The SMILES string of the molecule is COCC(C)NC(=S)NCCc1ccc2c(c1)OCCO2. The average molecular weight is 310 g/mol. The normalized spacial score (nSPS) is 14.4. The van der Waals surface area contributed by atoms with Crippen molar-refractivity contribution in [1.29, 1.82) is 0 Å². The zero-order valence-electron chi connectivity index (χ0n) is 12.5. The third-order valence-corrected chi connectivity index (χ3v) is 3.36. The van der Waals surface area contributed by atoms with Gasteiger partial charge in [-0.3, -0.25) is 0 Å². The Kier molecular flexibility index (Phi) is 6.07. The van der Waals surface area contributed by atoms with E-state index >= 15 is 0 Å². The summed E-state index contributed by atoms with van der Waals surface area (Å²) in [4.78, 5) is 0. The summed E-state index contributed by atoms with van der Waals surface area (Å²) in [6.45, 7) is 4.65. The molecule has 0 saturated carbocycles. The van der Waals surface area contributed by atoms with Crippen LogP contribution in [0.4, 0.5) is 0 Å². The Morgan fingerprint density at radius 1 is 1.33 bits per heavy atom. The first-order valence-corrected chi connectivity index (χ1v) is 7.51. The lowest BCUT2D eigenvalue weighted by Crippen LogP contribution is -2.43. The summed E-state index contributed by atoms with van der Waals surface area (Å²) >= 11 is 5.23. The van der Waals surface area contributed by atoms with Crippen molar-refractivity contribution < 1.29 is 14.2 Å². The van der Waals surface area contributed by atoms with Crippen molar-refractivity contribution in [3.05, 3.63) is 23.8 Å². The van der Waals surface area contributed by atoms with Crippen LogP contribution in [0.15, 0.2) is 18.2 Å². The lowest BCUT2D eigenvalue weighted by Gasteiger charge is -2.19. The maximum Gasteiger partial charge on any atom is 0.166 e. The van der Waals surface area contributed by atoms with Crippen molar-refractivity contribution >= 4 is 17.3 Å². The molecular formula is C15H22N2O3S. The average Bonchev–Trinajstić information content (AvgIpc) is 2.47. The van der Waals surface area contributed by atoms with E-state index in [1.54, 1.807) is 7.11 Å². The molecule has 0 fully saturated rings. The first kappa shape index (κ1) is 15.9. The zero-order chi connectivity index (χ0) is 15.1. The fraction of sp³-hybridized carbons (Fsp3) is 0.533. The van der Waals surface area contributed by atoms with E-state index in [0.29, 0.717) is 24.9 Å². The van der Waals surface area contributed by atoms with Crippen molar-refractivity contribution in [2.45, 2.75) is 19.4 Å². The van der Waals surface area contributed by atoms with Gasteiger partial charge in [-0.1, -0.05) is 6.07 Å². The van der Waals surface area contributed by atoms with Crippen molar-refractivity contribution in [2.75, 3.05) is 33.5 Å². The van der Waals surface area contributed by atoms with Crippen LogP contribution in [0, 0.1) is 0 Å². The van der Waals surface area contributed by atoms with Crippen LogP contribution in [0.3, 0.4) is 0 Å². The molecule has 0 radical (unpaired) electrons. The molecule has 21 heavy (non-hydrogen) atoms. The second-order valence-electron chi connectivity index (χ2n) is 4.98. The van der Waals surface area contributed by atoms with Crippen molar-refractivity contribution in [3.63, 3.8) is 0 Å². The van der Waals surface area contributed by atoms with Gasteiger partial charge in [0.2, 0.25) is 0 Å². The smallest absolute Gasteiger partial charge is 0.166 e. The van der Waals surface area contributed by atoms with Crippen molar-refractivity contribution in [1.82, 2.24) is 10.6 Å². The Morgan fingerprint density at radius 2 is 2.10 bits per heavy atom. The first-order valence-electron chi connectivity index (χ1n) is 7.11. The number of nitrogens with one attached hydrogen (secondary N) is 2. The maximum atomic E-state index is 5.57. The van der Waals surface area contributed by atoms with Crippen LogP contribution in [-0.2, 0) is 11.2 Å². The van der Waals surface area contributed by atoms with Gasteiger partial charge in [-0.15, -0.1) is 0 Å². The molecule has 116 valence electrons. The molecule has 1 atom stereocenters. The zero-order valence-corrected chi connectivity index (χ0v) is 13.3. The van der Waals surface area contributed by atoms with Gasteiger partial charge in [0, 0.05) is 19.7 Å². The second kappa shape index (κ2) is 8.05. The minimum absolute atomic E-state index is 0.198. The number of benzene rings is 1. The van der Waals surface area contributed by atoms with E-state index in [1.807, 2.05) is 19.1 Å². The number of thiocarbonyl (C=S) groups is 1. The molecule has 0 saturated heterocycles. The van der Waals surface area contributed by atoms with Gasteiger partial charge in [0.15, 0.2) is 16.6 Å². The highest BCUT2D eigenvalue weighted by atomic mass is 32.1. The lowest BCUT2D eigenvalue weighted by atomic mass is 10.1. The van der Waals surface area contributed by atoms with E-state index < -0.39 is 0 Å². The van der Waals surface area contributed by atoms with Crippen LogP contribution < -0.4 is 20.1 Å². The highest BCUT2D eigenvalue weighted by Gasteiger charge is 2.11. The summed E-state index contributed by atoms with van der Waals surface area (Å²) in [6, 6.07) is 6.24. The van der Waals surface area contributed by atoms with Gasteiger partial charge < -0.3 is 24.8 Å². The summed E-state index contributed by atoms with van der Waals surface area (Å²) < 4.78 is 16.1. The summed E-state index contributed by atoms with van der Waals surface area (Å²) in [5.41, 5.74) is 1.19. The number of rotatable bonds is 6. The van der Waals surface area contributed by atoms with Gasteiger partial charge in [0.1, 0.15) is 13.2 Å². The standard InChI is InChI=1S/C15H22N2O3S/c1-11(10-18-2)17-15(21)16-6-5-12-3-4-13-14(9-12)20-8-7-19-13/h3-4,9,11H,5-8,10H2,1-2H3,(H2,16,17,21). The number of hydrogen-bond donors (Lipinski definition) is 2. The van der Waals surface area contributed by atoms with Gasteiger partial charge in [-0.25, -0.2) is 0 Å². The fourth-order valence-electron chi connectivity index (χ4n) is 2.13. The van der Waals surface area contributed by atoms with Gasteiger partial charge >= 0.3 is 0 Å². The molecule has 6 heteroatoms. The summed E-state index contributed by atoms with van der Waals surface area (Å²) in [6.07, 6.45) is 0.872. The topological polar surface area (TPSA) is 51.8 Å². The molecule has 5 nitrogen and oxygen atoms in total. The van der Waals surface area contributed by atoms with Gasteiger partial charge in [0.05, 0.1) is 6.61 Å². The molecule has 0 aliphatic carbocycles. The van der Waals surface area contributed by atoms with Gasteiger partial charge in [-0.05, 0) is 43.3 Å². The van der Waals surface area contributed by atoms with E-state index in [-0.39, 0.29) is 6.04 Å². The quantitative estimate of drug-likeness (QED) is 0.777. The molecule has 0 spiro atoms. The molecule has 1 aliphatic heterocycles. The van der Waals surface area contributed by atoms with Crippen LogP contribution in [0.5, 0.6) is 11.5 Å².